The van der Waals surface area contributed by atoms with Gasteiger partial charge in [0.2, 0.25) is 5.95 Å². The van der Waals surface area contributed by atoms with Crippen LogP contribution in [0, 0.1) is 5.82 Å². The topological polar surface area (TPSA) is 59.0 Å². The van der Waals surface area contributed by atoms with Crippen LogP contribution in [0.2, 0.25) is 0 Å². The number of hydrogen-bond acceptors (Lipinski definition) is 7. The van der Waals surface area contributed by atoms with Crippen molar-refractivity contribution in [2.75, 3.05) is 76.3 Å². The van der Waals surface area contributed by atoms with Gasteiger partial charge in [0.15, 0.2) is 11.6 Å². The SMILES string of the molecule is CN(C)c1nc(N2CCC(N3CCN(CCO)CC3)CC2)ncc1F. The van der Waals surface area contributed by atoms with Crippen molar-refractivity contribution in [1.82, 2.24) is 19.8 Å². The van der Waals surface area contributed by atoms with Crippen molar-refractivity contribution in [2.24, 2.45) is 0 Å². The average molecular weight is 352 g/mol. The van der Waals surface area contributed by atoms with Gasteiger partial charge in [-0.3, -0.25) is 9.80 Å². The molecular formula is C17H29FN6O. The molecule has 140 valence electrons. The third-order valence-corrected chi connectivity index (χ3v) is 5.22. The Morgan fingerprint density at radius 3 is 2.44 bits per heavy atom. The van der Waals surface area contributed by atoms with Crippen LogP contribution >= 0.6 is 0 Å². The summed E-state index contributed by atoms with van der Waals surface area (Å²) in [6, 6.07) is 0.598. The van der Waals surface area contributed by atoms with Crippen molar-refractivity contribution in [2.45, 2.75) is 18.9 Å². The van der Waals surface area contributed by atoms with E-state index in [1.54, 1.807) is 19.0 Å². The molecule has 1 aromatic rings. The summed E-state index contributed by atoms with van der Waals surface area (Å²) in [6.45, 7) is 7.04. The minimum absolute atomic E-state index is 0.241. The van der Waals surface area contributed by atoms with E-state index in [9.17, 15) is 4.39 Å². The maximum absolute atomic E-state index is 13.8. The molecule has 0 aliphatic carbocycles. The molecule has 2 saturated heterocycles. The van der Waals surface area contributed by atoms with E-state index in [1.807, 2.05) is 0 Å². The number of rotatable bonds is 5. The van der Waals surface area contributed by atoms with Gasteiger partial charge in [0, 0.05) is 66.0 Å². The minimum Gasteiger partial charge on any atom is -0.395 e. The number of aliphatic hydroxyl groups excluding tert-OH is 1. The Morgan fingerprint density at radius 2 is 1.84 bits per heavy atom. The Hall–Kier alpha value is -1.51. The smallest absolute Gasteiger partial charge is 0.227 e. The first-order valence-corrected chi connectivity index (χ1v) is 9.10. The first kappa shape index (κ1) is 18.3. The molecule has 1 N–H and O–H groups in total. The third-order valence-electron chi connectivity index (χ3n) is 5.22. The van der Waals surface area contributed by atoms with Crippen LogP contribution in [0.15, 0.2) is 6.20 Å². The van der Waals surface area contributed by atoms with E-state index in [2.05, 4.69) is 24.7 Å². The van der Waals surface area contributed by atoms with Crippen molar-refractivity contribution in [3.63, 3.8) is 0 Å². The number of hydrogen-bond donors (Lipinski definition) is 1. The summed E-state index contributed by atoms with van der Waals surface area (Å²) in [5.41, 5.74) is 0. The van der Waals surface area contributed by atoms with Crippen molar-refractivity contribution in [3.05, 3.63) is 12.0 Å². The van der Waals surface area contributed by atoms with E-state index in [0.717, 1.165) is 58.7 Å². The third kappa shape index (κ3) is 4.37. The molecule has 0 unspecified atom stereocenters. The summed E-state index contributed by atoms with van der Waals surface area (Å²) in [6.07, 6.45) is 3.43. The van der Waals surface area contributed by atoms with Crippen LogP contribution < -0.4 is 9.80 Å². The first-order valence-electron chi connectivity index (χ1n) is 9.10. The molecule has 2 aliphatic heterocycles. The summed E-state index contributed by atoms with van der Waals surface area (Å²) < 4.78 is 13.8. The van der Waals surface area contributed by atoms with Gasteiger partial charge >= 0.3 is 0 Å². The van der Waals surface area contributed by atoms with Gasteiger partial charge in [-0.1, -0.05) is 0 Å². The van der Waals surface area contributed by atoms with Gasteiger partial charge in [-0.25, -0.2) is 9.37 Å². The predicted octanol–water partition coefficient (Wildman–Crippen LogP) is 0.260. The average Bonchev–Trinajstić information content (AvgIpc) is 2.63. The lowest BCUT2D eigenvalue weighted by atomic mass is 10.0. The summed E-state index contributed by atoms with van der Waals surface area (Å²) in [5, 5.41) is 9.04. The van der Waals surface area contributed by atoms with Gasteiger partial charge < -0.3 is 14.9 Å². The number of halogens is 1. The van der Waals surface area contributed by atoms with Gasteiger partial charge in [0.25, 0.3) is 0 Å². The lowest BCUT2D eigenvalue weighted by molar-refractivity contribution is 0.0746. The fourth-order valence-electron chi connectivity index (χ4n) is 3.74. The Morgan fingerprint density at radius 1 is 1.16 bits per heavy atom. The van der Waals surface area contributed by atoms with E-state index in [-0.39, 0.29) is 12.4 Å². The summed E-state index contributed by atoms with van der Waals surface area (Å²) in [5.74, 6) is 0.577. The van der Waals surface area contributed by atoms with E-state index < -0.39 is 0 Å². The number of aliphatic hydroxyl groups is 1. The first-order chi connectivity index (χ1) is 12.1. The van der Waals surface area contributed by atoms with Crippen LogP contribution in [0.3, 0.4) is 0 Å². The Labute approximate surface area is 149 Å². The van der Waals surface area contributed by atoms with Crippen LogP contribution in [0.5, 0.6) is 0 Å². The standard InChI is InChI=1S/C17H29FN6O/c1-21(2)16-15(18)13-19-17(20-16)24-5-3-14(4-6-24)23-9-7-22(8-10-23)11-12-25/h13-14,25H,3-12H2,1-2H3. The predicted molar refractivity (Wildman–Crippen MR) is 96.7 cm³/mol. The summed E-state index contributed by atoms with van der Waals surface area (Å²) in [7, 11) is 3.58. The molecule has 0 amide bonds. The zero-order valence-corrected chi connectivity index (χ0v) is 15.2. The molecule has 7 nitrogen and oxygen atoms in total. The van der Waals surface area contributed by atoms with Crippen LogP contribution in [0.1, 0.15) is 12.8 Å². The van der Waals surface area contributed by atoms with Gasteiger partial charge in [-0.05, 0) is 12.8 Å². The molecule has 0 aromatic carbocycles. The van der Waals surface area contributed by atoms with Gasteiger partial charge in [0.05, 0.1) is 12.8 Å². The molecule has 3 heterocycles. The second-order valence-electron chi connectivity index (χ2n) is 7.06. The van der Waals surface area contributed by atoms with Crippen LogP contribution in [0.4, 0.5) is 16.2 Å². The molecule has 1 aromatic heterocycles. The molecule has 0 atom stereocenters. The van der Waals surface area contributed by atoms with Crippen molar-refractivity contribution in [3.8, 4) is 0 Å². The largest absolute Gasteiger partial charge is 0.395 e. The second kappa shape index (κ2) is 8.25. The van der Waals surface area contributed by atoms with Crippen LogP contribution in [-0.2, 0) is 0 Å². The lowest BCUT2D eigenvalue weighted by Gasteiger charge is -2.42. The number of piperazine rings is 1. The maximum atomic E-state index is 13.8. The quantitative estimate of drug-likeness (QED) is 0.816. The monoisotopic (exact) mass is 352 g/mol. The maximum Gasteiger partial charge on any atom is 0.227 e. The molecular weight excluding hydrogens is 323 g/mol. The minimum atomic E-state index is -0.385. The molecule has 0 spiro atoms. The number of anilines is 2. The number of β-amino-alcohol motifs (C(OH)–C–C–N with tert-alkyl or cyclic N) is 1. The summed E-state index contributed by atoms with van der Waals surface area (Å²) in [4.78, 5) is 17.3. The highest BCUT2D eigenvalue weighted by Gasteiger charge is 2.28. The summed E-state index contributed by atoms with van der Waals surface area (Å²) >= 11 is 0. The molecule has 3 rings (SSSR count). The van der Waals surface area contributed by atoms with Crippen molar-refractivity contribution < 1.29 is 9.50 Å². The van der Waals surface area contributed by atoms with Gasteiger partial charge in [0.1, 0.15) is 0 Å². The number of aromatic nitrogens is 2. The number of nitrogens with zero attached hydrogens (tertiary/aromatic N) is 6. The lowest BCUT2D eigenvalue weighted by Crippen LogP contribution is -2.53. The van der Waals surface area contributed by atoms with Crippen molar-refractivity contribution in [1.29, 1.82) is 0 Å². The Balaban J connectivity index is 1.53. The Kier molecular flexibility index (Phi) is 6.03. The molecule has 2 aliphatic rings. The van der Waals surface area contributed by atoms with Crippen LogP contribution in [0.25, 0.3) is 0 Å². The molecule has 0 radical (unpaired) electrons. The molecule has 8 heteroatoms. The normalized spacial score (nSPS) is 20.9. The van der Waals surface area contributed by atoms with Gasteiger partial charge in [-0.15, -0.1) is 0 Å². The van der Waals surface area contributed by atoms with Gasteiger partial charge in [-0.2, -0.15) is 4.98 Å². The van der Waals surface area contributed by atoms with E-state index in [0.29, 0.717) is 17.8 Å². The second-order valence-corrected chi connectivity index (χ2v) is 7.06. The van der Waals surface area contributed by atoms with Crippen LogP contribution in [-0.4, -0.2) is 97.4 Å². The number of piperidine rings is 1. The molecule has 0 bridgehead atoms. The van der Waals surface area contributed by atoms with E-state index >= 15 is 0 Å². The molecule has 0 saturated carbocycles. The fourth-order valence-corrected chi connectivity index (χ4v) is 3.74. The van der Waals surface area contributed by atoms with E-state index in [4.69, 9.17) is 5.11 Å². The highest BCUT2D eigenvalue weighted by atomic mass is 19.1. The molecule has 25 heavy (non-hydrogen) atoms. The highest BCUT2D eigenvalue weighted by molar-refractivity contribution is 5.44. The zero-order valence-electron chi connectivity index (χ0n) is 15.2. The zero-order chi connectivity index (χ0) is 17.8. The molecule has 2 fully saturated rings. The van der Waals surface area contributed by atoms with E-state index in [1.165, 1.54) is 6.20 Å². The highest BCUT2D eigenvalue weighted by Crippen LogP contribution is 2.23. The van der Waals surface area contributed by atoms with Crippen molar-refractivity contribution >= 4 is 11.8 Å². The fraction of sp³-hybridized carbons (Fsp3) is 0.765. The Bertz CT molecular complexity index is 556.